The van der Waals surface area contributed by atoms with Gasteiger partial charge in [-0.15, -0.1) is 0 Å². The van der Waals surface area contributed by atoms with E-state index >= 15 is 0 Å². The van der Waals surface area contributed by atoms with Crippen molar-refractivity contribution in [1.82, 2.24) is 5.32 Å². The van der Waals surface area contributed by atoms with Gasteiger partial charge >= 0.3 is 6.03 Å². The van der Waals surface area contributed by atoms with E-state index in [9.17, 15) is 17.8 Å². The van der Waals surface area contributed by atoms with Crippen LogP contribution in [0.3, 0.4) is 0 Å². The van der Waals surface area contributed by atoms with Gasteiger partial charge in [0, 0.05) is 12.2 Å². The lowest BCUT2D eigenvalue weighted by Gasteiger charge is -2.20. The Morgan fingerprint density at radius 1 is 1.05 bits per heavy atom. The topological polar surface area (TPSA) is 95.5 Å². The van der Waals surface area contributed by atoms with Crippen molar-refractivity contribution < 1.29 is 17.8 Å². The molecule has 1 aromatic carbocycles. The fraction of sp³-hybridized carbons (Fsp3) is 0.533. The summed E-state index contributed by atoms with van der Waals surface area (Å²) in [5.41, 5.74) is 2.74. The predicted octanol–water partition coefficient (Wildman–Crippen LogP) is 2.94. The number of amides is 2. The molecular weight excluding hydrogens is 304 g/mol. The van der Waals surface area contributed by atoms with Crippen LogP contribution in [0.1, 0.15) is 36.1 Å². The fourth-order valence-corrected chi connectivity index (χ4v) is 3.37. The third-order valence-corrected chi connectivity index (χ3v) is 4.85. The van der Waals surface area contributed by atoms with Crippen LogP contribution in [0.5, 0.6) is 0 Å². The highest BCUT2D eigenvalue weighted by Crippen LogP contribution is 2.33. The van der Waals surface area contributed by atoms with Crippen LogP contribution in [0.15, 0.2) is 4.90 Å². The monoisotopic (exact) mass is 328 g/mol. The van der Waals surface area contributed by atoms with E-state index in [1.54, 1.807) is 27.7 Å². The van der Waals surface area contributed by atoms with Crippen molar-refractivity contribution >= 4 is 21.8 Å². The summed E-state index contributed by atoms with van der Waals surface area (Å²) in [5, 5.41) is 5.40. The Morgan fingerprint density at radius 2 is 1.59 bits per heavy atom. The summed E-state index contributed by atoms with van der Waals surface area (Å²) in [5.74, 6) is 0.307. The van der Waals surface area contributed by atoms with Gasteiger partial charge in [-0.1, -0.05) is 13.8 Å². The Hall–Kier alpha value is -1.60. The molecule has 6 nitrogen and oxygen atoms in total. The molecule has 0 aliphatic carbocycles. The Kier molecular flexibility index (Phi) is 5.59. The van der Waals surface area contributed by atoms with Gasteiger partial charge in [0.1, 0.15) is 4.90 Å². The van der Waals surface area contributed by atoms with Crippen LogP contribution in [-0.4, -0.2) is 25.5 Å². The number of benzene rings is 1. The summed E-state index contributed by atoms with van der Waals surface area (Å²) < 4.78 is 32.7. The second-order valence-corrected chi connectivity index (χ2v) is 7.27. The average molecular weight is 328 g/mol. The molecule has 0 unspecified atom stereocenters. The lowest BCUT2D eigenvalue weighted by Crippen LogP contribution is -2.32. The molecule has 0 bridgehead atoms. The summed E-state index contributed by atoms with van der Waals surface area (Å²) in [4.78, 5) is 11.8. The minimum absolute atomic E-state index is 0.144. The summed E-state index contributed by atoms with van der Waals surface area (Å²) in [6.45, 7) is 11.2. The molecule has 22 heavy (non-hydrogen) atoms. The third kappa shape index (κ3) is 3.98. The maximum Gasteiger partial charge on any atom is 0.319 e. The van der Waals surface area contributed by atoms with Crippen LogP contribution in [0.25, 0.3) is 0 Å². The molecule has 0 fully saturated rings. The van der Waals surface area contributed by atoms with Crippen LogP contribution >= 0.6 is 0 Å². The summed E-state index contributed by atoms with van der Waals surface area (Å²) >= 11 is 0. The van der Waals surface area contributed by atoms with Crippen molar-refractivity contribution in [3.05, 3.63) is 22.3 Å². The standard InChI is InChI=1S/C15H24N2O4S/c1-8(2)7-16-15(18)17-13-10(4)9(3)11(5)14(12(13)6)22(19,20)21/h8H,7H2,1-6H3,(H2,16,17,18)(H,19,20,21). The molecule has 0 saturated carbocycles. The van der Waals surface area contributed by atoms with E-state index in [1.807, 2.05) is 13.8 Å². The maximum absolute atomic E-state index is 11.9. The highest BCUT2D eigenvalue weighted by Gasteiger charge is 2.23. The van der Waals surface area contributed by atoms with E-state index in [2.05, 4.69) is 10.6 Å². The molecule has 0 saturated heterocycles. The molecule has 0 heterocycles. The first-order chi connectivity index (χ1) is 9.96. The Balaban J connectivity index is 3.32. The number of rotatable bonds is 4. The maximum atomic E-state index is 11.9. The van der Waals surface area contributed by atoms with Crippen LogP contribution in [-0.2, 0) is 10.1 Å². The van der Waals surface area contributed by atoms with Crippen molar-refractivity contribution in [3.8, 4) is 0 Å². The van der Waals surface area contributed by atoms with Crippen molar-refractivity contribution in [2.45, 2.75) is 46.4 Å². The Labute approximate surface area is 132 Å². The van der Waals surface area contributed by atoms with Gasteiger partial charge in [0.05, 0.1) is 0 Å². The zero-order valence-corrected chi connectivity index (χ0v) is 14.7. The SMILES string of the molecule is Cc1c(C)c(NC(=O)NCC(C)C)c(C)c(S(=O)(=O)O)c1C. The van der Waals surface area contributed by atoms with Crippen LogP contribution in [0, 0.1) is 33.6 Å². The average Bonchev–Trinajstić information content (AvgIpc) is 2.37. The number of urea groups is 1. The van der Waals surface area contributed by atoms with Gasteiger partial charge in [0.15, 0.2) is 0 Å². The van der Waals surface area contributed by atoms with E-state index in [0.717, 1.165) is 11.1 Å². The van der Waals surface area contributed by atoms with Gasteiger partial charge in [0.25, 0.3) is 10.1 Å². The number of nitrogens with one attached hydrogen (secondary N) is 2. The summed E-state index contributed by atoms with van der Waals surface area (Å²) in [6.07, 6.45) is 0. The van der Waals surface area contributed by atoms with Crippen LogP contribution in [0.4, 0.5) is 10.5 Å². The molecule has 2 amide bonds. The molecule has 124 valence electrons. The molecule has 0 aliphatic heterocycles. The second kappa shape index (κ2) is 6.66. The first-order valence-electron chi connectivity index (χ1n) is 7.09. The zero-order chi connectivity index (χ0) is 17.2. The number of hydrogen-bond donors (Lipinski definition) is 3. The molecule has 3 N–H and O–H groups in total. The van der Waals surface area contributed by atoms with E-state index in [0.29, 0.717) is 29.3 Å². The quantitative estimate of drug-likeness (QED) is 0.740. The van der Waals surface area contributed by atoms with E-state index < -0.39 is 16.1 Å². The molecule has 7 heteroatoms. The number of carbonyl (C=O) groups is 1. The first kappa shape index (κ1) is 18.4. The van der Waals surface area contributed by atoms with Crippen LogP contribution < -0.4 is 10.6 Å². The van der Waals surface area contributed by atoms with E-state index in [4.69, 9.17) is 0 Å². The molecule has 0 aromatic heterocycles. The second-order valence-electron chi connectivity index (χ2n) is 5.91. The molecule has 0 aliphatic rings. The summed E-state index contributed by atoms with van der Waals surface area (Å²) in [7, 11) is -4.36. The lowest BCUT2D eigenvalue weighted by molar-refractivity contribution is 0.251. The molecule has 0 spiro atoms. The smallest absolute Gasteiger partial charge is 0.319 e. The van der Waals surface area contributed by atoms with Gasteiger partial charge in [-0.3, -0.25) is 4.55 Å². The fourth-order valence-electron chi connectivity index (χ4n) is 2.34. The highest BCUT2D eigenvalue weighted by molar-refractivity contribution is 7.86. The third-order valence-electron chi connectivity index (χ3n) is 3.72. The van der Waals surface area contributed by atoms with Gasteiger partial charge in [0.2, 0.25) is 0 Å². The van der Waals surface area contributed by atoms with E-state index in [-0.39, 0.29) is 4.90 Å². The van der Waals surface area contributed by atoms with Gasteiger partial charge in [-0.2, -0.15) is 8.42 Å². The lowest BCUT2D eigenvalue weighted by atomic mass is 9.98. The minimum Gasteiger partial charge on any atom is -0.338 e. The van der Waals surface area contributed by atoms with Crippen molar-refractivity contribution in [3.63, 3.8) is 0 Å². The normalized spacial score (nSPS) is 11.6. The number of hydrogen-bond acceptors (Lipinski definition) is 3. The van der Waals surface area contributed by atoms with Crippen molar-refractivity contribution in [1.29, 1.82) is 0 Å². The zero-order valence-electron chi connectivity index (χ0n) is 13.9. The Bertz CT molecular complexity index is 694. The number of anilines is 1. The first-order valence-corrected chi connectivity index (χ1v) is 8.53. The van der Waals surface area contributed by atoms with E-state index in [1.165, 1.54) is 0 Å². The van der Waals surface area contributed by atoms with Gasteiger partial charge < -0.3 is 10.6 Å². The van der Waals surface area contributed by atoms with Gasteiger partial charge in [-0.25, -0.2) is 4.79 Å². The largest absolute Gasteiger partial charge is 0.338 e. The van der Waals surface area contributed by atoms with Crippen LogP contribution in [0.2, 0.25) is 0 Å². The Morgan fingerprint density at radius 3 is 2.05 bits per heavy atom. The highest BCUT2D eigenvalue weighted by atomic mass is 32.2. The summed E-state index contributed by atoms with van der Waals surface area (Å²) in [6, 6.07) is -0.399. The molecule has 1 rings (SSSR count). The minimum atomic E-state index is -4.36. The molecule has 0 atom stereocenters. The van der Waals surface area contributed by atoms with Crippen molar-refractivity contribution in [2.24, 2.45) is 5.92 Å². The van der Waals surface area contributed by atoms with Crippen molar-refractivity contribution in [2.75, 3.05) is 11.9 Å². The molecular formula is C15H24N2O4S. The number of carbonyl (C=O) groups excluding carboxylic acids is 1. The predicted molar refractivity (Wildman–Crippen MR) is 87.1 cm³/mol. The molecule has 0 radical (unpaired) electrons. The van der Waals surface area contributed by atoms with Gasteiger partial charge in [-0.05, 0) is 55.9 Å². The molecule has 1 aromatic rings.